The van der Waals surface area contributed by atoms with Crippen LogP contribution in [0.1, 0.15) is 26.7 Å². The molecule has 74 valence electrons. The summed E-state index contributed by atoms with van der Waals surface area (Å²) in [5.41, 5.74) is 0.144. The standard InChI is InChI=1S/C10H18N2O/c1-10(2)7-11-9(13)8-4-3-5-12(10)6-8/h8H,3-7H2,1-2H3,(H,11,13). The maximum atomic E-state index is 11.6. The van der Waals surface area contributed by atoms with E-state index in [2.05, 4.69) is 24.1 Å². The molecule has 2 atom stereocenters. The highest BCUT2D eigenvalue weighted by Crippen LogP contribution is 2.26. The summed E-state index contributed by atoms with van der Waals surface area (Å²) in [6.45, 7) is 7.32. The van der Waals surface area contributed by atoms with Gasteiger partial charge in [0.15, 0.2) is 0 Å². The zero-order valence-corrected chi connectivity index (χ0v) is 8.47. The van der Waals surface area contributed by atoms with Crippen molar-refractivity contribution in [3.8, 4) is 0 Å². The molecule has 2 aliphatic heterocycles. The molecule has 0 spiro atoms. The number of amides is 1. The maximum absolute atomic E-state index is 11.6. The Morgan fingerprint density at radius 3 is 3.08 bits per heavy atom. The van der Waals surface area contributed by atoms with Gasteiger partial charge in [-0.15, -0.1) is 0 Å². The van der Waals surface area contributed by atoms with Crippen LogP contribution in [0.5, 0.6) is 0 Å². The normalized spacial score (nSPS) is 37.8. The summed E-state index contributed by atoms with van der Waals surface area (Å²) in [6, 6.07) is 0. The first-order valence-corrected chi connectivity index (χ1v) is 5.12. The highest BCUT2D eigenvalue weighted by atomic mass is 16.2. The predicted molar refractivity (Wildman–Crippen MR) is 51.4 cm³/mol. The molecule has 2 heterocycles. The number of rotatable bonds is 0. The predicted octanol–water partition coefficient (Wildman–Crippen LogP) is 0.607. The SMILES string of the molecule is CC1(C)CNC(=O)C2CCCN1C2. The molecule has 2 rings (SSSR count). The average Bonchev–Trinajstić information content (AvgIpc) is 2.20. The largest absolute Gasteiger partial charge is 0.354 e. The number of carbonyl (C=O) groups excluding carboxylic acids is 1. The fraction of sp³-hybridized carbons (Fsp3) is 0.900. The molecule has 2 aliphatic rings. The second-order valence-corrected chi connectivity index (χ2v) is 4.82. The van der Waals surface area contributed by atoms with E-state index in [9.17, 15) is 4.79 Å². The number of fused-ring (bicyclic) bond motifs is 2. The van der Waals surface area contributed by atoms with Gasteiger partial charge in [-0.25, -0.2) is 0 Å². The summed E-state index contributed by atoms with van der Waals surface area (Å²) < 4.78 is 0. The van der Waals surface area contributed by atoms with E-state index in [1.807, 2.05) is 0 Å². The van der Waals surface area contributed by atoms with Crippen LogP contribution in [0.15, 0.2) is 0 Å². The Morgan fingerprint density at radius 1 is 1.54 bits per heavy atom. The molecule has 0 aromatic carbocycles. The van der Waals surface area contributed by atoms with Gasteiger partial charge in [0.25, 0.3) is 0 Å². The molecular weight excluding hydrogens is 164 g/mol. The van der Waals surface area contributed by atoms with Gasteiger partial charge in [0, 0.05) is 18.6 Å². The van der Waals surface area contributed by atoms with E-state index in [0.717, 1.165) is 26.1 Å². The molecule has 0 aromatic rings. The molecule has 2 bridgehead atoms. The Balaban J connectivity index is 2.20. The summed E-state index contributed by atoms with van der Waals surface area (Å²) in [4.78, 5) is 14.0. The van der Waals surface area contributed by atoms with Gasteiger partial charge in [0.05, 0.1) is 5.92 Å². The van der Waals surface area contributed by atoms with Crippen molar-refractivity contribution < 1.29 is 4.79 Å². The third kappa shape index (κ3) is 1.57. The van der Waals surface area contributed by atoms with Crippen LogP contribution in [-0.2, 0) is 4.79 Å². The van der Waals surface area contributed by atoms with Crippen molar-refractivity contribution in [3.63, 3.8) is 0 Å². The molecule has 0 aromatic heterocycles. The van der Waals surface area contributed by atoms with Crippen molar-refractivity contribution in [2.45, 2.75) is 32.2 Å². The van der Waals surface area contributed by atoms with Crippen LogP contribution >= 0.6 is 0 Å². The molecule has 3 heteroatoms. The van der Waals surface area contributed by atoms with Crippen LogP contribution in [0.2, 0.25) is 0 Å². The lowest BCUT2D eigenvalue weighted by atomic mass is 9.94. The quantitative estimate of drug-likeness (QED) is 0.595. The van der Waals surface area contributed by atoms with Crippen molar-refractivity contribution in [2.24, 2.45) is 5.92 Å². The summed E-state index contributed by atoms with van der Waals surface area (Å²) in [7, 11) is 0. The lowest BCUT2D eigenvalue weighted by Gasteiger charge is -2.39. The minimum Gasteiger partial charge on any atom is -0.354 e. The van der Waals surface area contributed by atoms with Gasteiger partial charge in [-0.1, -0.05) is 0 Å². The smallest absolute Gasteiger partial charge is 0.224 e. The van der Waals surface area contributed by atoms with Crippen LogP contribution in [-0.4, -0.2) is 36.0 Å². The number of hydrogen-bond acceptors (Lipinski definition) is 2. The van der Waals surface area contributed by atoms with Crippen molar-refractivity contribution >= 4 is 5.91 Å². The van der Waals surface area contributed by atoms with E-state index in [4.69, 9.17) is 0 Å². The Kier molecular flexibility index (Phi) is 2.06. The van der Waals surface area contributed by atoms with Crippen molar-refractivity contribution in [2.75, 3.05) is 19.6 Å². The maximum Gasteiger partial charge on any atom is 0.224 e. The van der Waals surface area contributed by atoms with Gasteiger partial charge < -0.3 is 5.32 Å². The zero-order valence-electron chi connectivity index (χ0n) is 8.47. The van der Waals surface area contributed by atoms with E-state index in [1.165, 1.54) is 6.42 Å². The summed E-state index contributed by atoms with van der Waals surface area (Å²) in [5.74, 6) is 0.505. The van der Waals surface area contributed by atoms with E-state index in [-0.39, 0.29) is 17.4 Å². The van der Waals surface area contributed by atoms with Gasteiger partial charge >= 0.3 is 0 Å². The molecule has 2 saturated heterocycles. The van der Waals surface area contributed by atoms with Crippen LogP contribution in [0.3, 0.4) is 0 Å². The summed E-state index contributed by atoms with van der Waals surface area (Å²) >= 11 is 0. The summed E-state index contributed by atoms with van der Waals surface area (Å²) in [6.07, 6.45) is 2.24. The average molecular weight is 182 g/mol. The van der Waals surface area contributed by atoms with E-state index in [1.54, 1.807) is 0 Å². The van der Waals surface area contributed by atoms with Gasteiger partial charge in [-0.05, 0) is 33.2 Å². The van der Waals surface area contributed by atoms with Gasteiger partial charge in [0.1, 0.15) is 0 Å². The third-order valence-electron chi connectivity index (χ3n) is 3.34. The zero-order chi connectivity index (χ0) is 9.47. The molecule has 0 radical (unpaired) electrons. The number of carbonyl (C=O) groups is 1. The van der Waals surface area contributed by atoms with Crippen molar-refractivity contribution in [3.05, 3.63) is 0 Å². The highest BCUT2D eigenvalue weighted by Gasteiger charge is 2.37. The Labute approximate surface area is 79.5 Å². The molecule has 1 amide bonds. The highest BCUT2D eigenvalue weighted by molar-refractivity contribution is 5.79. The Hall–Kier alpha value is -0.570. The Morgan fingerprint density at radius 2 is 2.31 bits per heavy atom. The minimum absolute atomic E-state index is 0.144. The molecule has 3 nitrogen and oxygen atoms in total. The second-order valence-electron chi connectivity index (χ2n) is 4.82. The molecule has 13 heavy (non-hydrogen) atoms. The molecule has 0 aliphatic carbocycles. The molecule has 1 N–H and O–H groups in total. The second kappa shape index (κ2) is 2.98. The molecule has 2 unspecified atom stereocenters. The van der Waals surface area contributed by atoms with E-state index >= 15 is 0 Å². The first kappa shape index (κ1) is 9.00. The Bertz CT molecular complexity index is 225. The van der Waals surface area contributed by atoms with E-state index in [0.29, 0.717) is 0 Å². The first-order chi connectivity index (χ1) is 6.09. The van der Waals surface area contributed by atoms with Crippen LogP contribution in [0.25, 0.3) is 0 Å². The number of nitrogens with one attached hydrogen (secondary N) is 1. The number of hydrogen-bond donors (Lipinski definition) is 1. The molecule has 0 saturated carbocycles. The van der Waals surface area contributed by atoms with Crippen molar-refractivity contribution in [1.82, 2.24) is 10.2 Å². The van der Waals surface area contributed by atoms with Gasteiger partial charge in [-0.2, -0.15) is 0 Å². The third-order valence-corrected chi connectivity index (χ3v) is 3.34. The van der Waals surface area contributed by atoms with Crippen LogP contribution in [0, 0.1) is 5.92 Å². The first-order valence-electron chi connectivity index (χ1n) is 5.12. The number of nitrogens with zero attached hydrogens (tertiary/aromatic N) is 1. The molecule has 2 fully saturated rings. The van der Waals surface area contributed by atoms with Crippen LogP contribution in [0.4, 0.5) is 0 Å². The lowest BCUT2D eigenvalue weighted by molar-refractivity contribution is -0.125. The monoisotopic (exact) mass is 182 g/mol. The van der Waals surface area contributed by atoms with Gasteiger partial charge in [0.2, 0.25) is 5.91 Å². The van der Waals surface area contributed by atoms with Crippen molar-refractivity contribution in [1.29, 1.82) is 0 Å². The molecular formula is C10H18N2O. The fourth-order valence-electron chi connectivity index (χ4n) is 2.30. The lowest BCUT2D eigenvalue weighted by Crippen LogP contribution is -2.50. The number of piperidine rings is 1. The minimum atomic E-state index is 0.144. The van der Waals surface area contributed by atoms with Gasteiger partial charge in [-0.3, -0.25) is 9.69 Å². The fourth-order valence-corrected chi connectivity index (χ4v) is 2.30. The van der Waals surface area contributed by atoms with Crippen LogP contribution < -0.4 is 5.32 Å². The van der Waals surface area contributed by atoms with E-state index < -0.39 is 0 Å². The topological polar surface area (TPSA) is 32.3 Å². The summed E-state index contributed by atoms with van der Waals surface area (Å²) in [5, 5.41) is 3.03.